The first-order valence-electron chi connectivity index (χ1n) is 12.0. The van der Waals surface area contributed by atoms with Gasteiger partial charge in [-0.2, -0.15) is 9.47 Å². The highest BCUT2D eigenvalue weighted by Gasteiger charge is 2.20. The lowest BCUT2D eigenvalue weighted by atomic mass is 10.1. The number of likely N-dealkylation sites (tertiary alicyclic amines) is 1. The second kappa shape index (κ2) is 9.50. The number of aromatic amines is 1. The first-order valence-corrected chi connectivity index (χ1v) is 12.7. The van der Waals surface area contributed by atoms with E-state index in [2.05, 4.69) is 34.8 Å². The van der Waals surface area contributed by atoms with Crippen LogP contribution in [-0.2, 0) is 6.42 Å². The van der Waals surface area contributed by atoms with E-state index >= 15 is 0 Å². The van der Waals surface area contributed by atoms with E-state index in [1.165, 1.54) is 18.0 Å². The number of aromatic nitrogens is 7. The number of aryl methyl sites for hydroxylation is 1. The van der Waals surface area contributed by atoms with E-state index < -0.39 is 0 Å². The highest BCUT2D eigenvalue weighted by Crippen LogP contribution is 2.28. The molecule has 1 aliphatic heterocycles. The third-order valence-electron chi connectivity index (χ3n) is 6.24. The van der Waals surface area contributed by atoms with E-state index in [0.29, 0.717) is 17.9 Å². The molecule has 2 N–H and O–H groups in total. The summed E-state index contributed by atoms with van der Waals surface area (Å²) >= 11 is 1.36. The molecule has 0 unspecified atom stereocenters. The van der Waals surface area contributed by atoms with Crippen LogP contribution in [0.5, 0.6) is 0 Å². The molecule has 10 nitrogen and oxygen atoms in total. The van der Waals surface area contributed by atoms with Crippen molar-refractivity contribution in [3.63, 3.8) is 0 Å². The molecule has 6 heterocycles. The number of carbonyl (C=O) groups excluding carboxylic acids is 1. The van der Waals surface area contributed by atoms with Crippen LogP contribution in [-0.4, -0.2) is 57.8 Å². The Morgan fingerprint density at radius 3 is 2.86 bits per heavy atom. The third-order valence-corrected chi connectivity index (χ3v) is 6.98. The summed E-state index contributed by atoms with van der Waals surface area (Å²) in [5, 5.41) is 11.1. The van der Waals surface area contributed by atoms with Gasteiger partial charge in [0.05, 0.1) is 29.5 Å². The monoisotopic (exact) mass is 499 g/mol. The fourth-order valence-electron chi connectivity index (χ4n) is 4.51. The summed E-state index contributed by atoms with van der Waals surface area (Å²) in [4.78, 5) is 28.6. The molecule has 36 heavy (non-hydrogen) atoms. The van der Waals surface area contributed by atoms with E-state index in [4.69, 9.17) is 0 Å². The van der Waals surface area contributed by atoms with E-state index in [1.807, 2.05) is 53.0 Å². The Bertz CT molecular complexity index is 1520. The van der Waals surface area contributed by atoms with Crippen molar-refractivity contribution >= 4 is 33.9 Å². The Kier molecular flexibility index (Phi) is 5.90. The van der Waals surface area contributed by atoms with Gasteiger partial charge in [-0.1, -0.05) is 6.07 Å². The van der Waals surface area contributed by atoms with E-state index in [1.54, 1.807) is 12.3 Å². The minimum Gasteiger partial charge on any atom is -0.337 e. The number of H-pyrrole nitrogens is 1. The number of piperidine rings is 1. The topological polar surface area (TPSA) is 117 Å². The lowest BCUT2D eigenvalue weighted by molar-refractivity contribution is 0.0718. The van der Waals surface area contributed by atoms with Gasteiger partial charge in [-0.3, -0.25) is 14.3 Å². The Morgan fingerprint density at radius 1 is 1.14 bits per heavy atom. The van der Waals surface area contributed by atoms with Gasteiger partial charge < -0.3 is 10.2 Å². The number of pyridine rings is 1. The van der Waals surface area contributed by atoms with Crippen LogP contribution < -0.4 is 5.32 Å². The van der Waals surface area contributed by atoms with Crippen LogP contribution in [0.3, 0.4) is 0 Å². The molecule has 0 bridgehead atoms. The van der Waals surface area contributed by atoms with Crippen LogP contribution in [0.2, 0.25) is 0 Å². The van der Waals surface area contributed by atoms with E-state index in [0.717, 1.165) is 64.9 Å². The molecule has 1 aliphatic rings. The zero-order valence-electron chi connectivity index (χ0n) is 19.8. The smallest absolute Gasteiger partial charge is 0.272 e. The summed E-state index contributed by atoms with van der Waals surface area (Å²) < 4.78 is 6.60. The summed E-state index contributed by atoms with van der Waals surface area (Å²) in [7, 11) is 0. The number of rotatable bonds is 6. The molecule has 1 fully saturated rings. The van der Waals surface area contributed by atoms with Crippen molar-refractivity contribution < 1.29 is 4.79 Å². The molecular formula is C25H25N9OS. The zero-order chi connectivity index (χ0) is 24.5. The normalized spacial score (nSPS) is 13.9. The lowest BCUT2D eigenvalue weighted by Crippen LogP contribution is -2.36. The Hall–Kier alpha value is -4.12. The maximum absolute atomic E-state index is 12.8. The summed E-state index contributed by atoms with van der Waals surface area (Å²) in [6.45, 7) is 3.57. The summed E-state index contributed by atoms with van der Waals surface area (Å²) in [5.74, 6) is 0.674. The van der Waals surface area contributed by atoms with Gasteiger partial charge in [0.25, 0.3) is 5.91 Å². The largest absolute Gasteiger partial charge is 0.337 e. The molecule has 0 aromatic carbocycles. The molecule has 0 radical (unpaired) electrons. The predicted octanol–water partition coefficient (Wildman–Crippen LogP) is 4.24. The molecule has 0 aliphatic carbocycles. The van der Waals surface area contributed by atoms with Gasteiger partial charge in [-0.05, 0) is 55.9 Å². The molecule has 5 aromatic rings. The first-order chi connectivity index (χ1) is 17.6. The van der Waals surface area contributed by atoms with Crippen LogP contribution in [0.25, 0.3) is 16.9 Å². The summed E-state index contributed by atoms with van der Waals surface area (Å²) in [6.07, 6.45) is 11.2. The molecule has 0 saturated carbocycles. The SMILES string of the molecule is Cc1cn2c(-c3cn[nH]c3)cnc2c(Nc2cc(Cc3cccc(C(=O)N4CCCCC4)n3)ns2)n1. The number of nitrogens with one attached hydrogen (secondary N) is 2. The highest BCUT2D eigenvalue weighted by atomic mass is 32.1. The molecule has 5 aromatic heterocycles. The Balaban J connectivity index is 1.20. The van der Waals surface area contributed by atoms with Crippen LogP contribution in [0.1, 0.15) is 46.8 Å². The predicted molar refractivity (Wildman–Crippen MR) is 137 cm³/mol. The third kappa shape index (κ3) is 4.44. The van der Waals surface area contributed by atoms with Crippen LogP contribution >= 0.6 is 11.5 Å². The molecule has 1 amide bonds. The van der Waals surface area contributed by atoms with Gasteiger partial charge in [0.15, 0.2) is 11.5 Å². The maximum Gasteiger partial charge on any atom is 0.272 e. The van der Waals surface area contributed by atoms with Gasteiger partial charge in [0.1, 0.15) is 10.7 Å². The second-order valence-corrected chi connectivity index (χ2v) is 9.71. The van der Waals surface area contributed by atoms with Gasteiger partial charge in [0.2, 0.25) is 0 Å². The van der Waals surface area contributed by atoms with Crippen molar-refractivity contribution in [2.45, 2.75) is 32.6 Å². The Labute approximate surface area is 211 Å². The highest BCUT2D eigenvalue weighted by molar-refractivity contribution is 7.10. The van der Waals surface area contributed by atoms with Crippen LogP contribution in [0.4, 0.5) is 10.8 Å². The van der Waals surface area contributed by atoms with Gasteiger partial charge in [0, 0.05) is 43.2 Å². The molecule has 0 spiro atoms. The quantitative estimate of drug-likeness (QED) is 0.359. The minimum atomic E-state index is 0.0150. The zero-order valence-corrected chi connectivity index (χ0v) is 20.6. The van der Waals surface area contributed by atoms with Crippen molar-refractivity contribution in [2.75, 3.05) is 18.4 Å². The summed E-state index contributed by atoms with van der Waals surface area (Å²) in [5.41, 5.74) is 5.67. The van der Waals surface area contributed by atoms with Gasteiger partial charge in [-0.15, -0.1) is 0 Å². The van der Waals surface area contributed by atoms with Crippen molar-refractivity contribution in [2.24, 2.45) is 0 Å². The molecule has 0 atom stereocenters. The standard InChI is InChI=1S/C25H25N9OS/c1-16-15-34-21(17-12-27-28-13-17)14-26-24(34)23(29-16)31-22-11-19(32-36-22)10-18-6-5-7-20(30-18)25(35)33-8-3-2-4-9-33/h5-7,11-15H,2-4,8-10H2,1H3,(H,27,28)(H,29,31). The number of fused-ring (bicyclic) bond motifs is 1. The van der Waals surface area contributed by atoms with Crippen molar-refractivity contribution in [1.29, 1.82) is 0 Å². The fourth-order valence-corrected chi connectivity index (χ4v) is 5.17. The average Bonchev–Trinajstić information content (AvgIpc) is 3.66. The number of hydrogen-bond donors (Lipinski definition) is 2. The fraction of sp³-hybridized carbons (Fsp3) is 0.280. The second-order valence-electron chi connectivity index (χ2n) is 8.91. The average molecular weight is 500 g/mol. The number of imidazole rings is 1. The summed E-state index contributed by atoms with van der Waals surface area (Å²) in [6, 6.07) is 7.62. The lowest BCUT2D eigenvalue weighted by Gasteiger charge is -2.26. The molecule has 11 heteroatoms. The molecular weight excluding hydrogens is 474 g/mol. The molecule has 1 saturated heterocycles. The number of carbonyl (C=O) groups is 1. The van der Waals surface area contributed by atoms with Crippen LogP contribution in [0, 0.1) is 6.92 Å². The number of anilines is 2. The Morgan fingerprint density at radius 2 is 2.03 bits per heavy atom. The molecule has 182 valence electrons. The van der Waals surface area contributed by atoms with Crippen molar-refractivity contribution in [3.05, 3.63) is 71.8 Å². The minimum absolute atomic E-state index is 0.0150. The maximum atomic E-state index is 12.8. The van der Waals surface area contributed by atoms with Gasteiger partial charge in [-0.25, -0.2) is 15.0 Å². The number of nitrogens with zero attached hydrogens (tertiary/aromatic N) is 7. The van der Waals surface area contributed by atoms with Crippen LogP contribution in [0.15, 0.2) is 49.1 Å². The van der Waals surface area contributed by atoms with Crippen molar-refractivity contribution in [1.82, 2.24) is 38.8 Å². The number of amides is 1. The molecule has 6 rings (SSSR count). The first kappa shape index (κ1) is 22.4. The number of hydrogen-bond acceptors (Lipinski definition) is 8. The van der Waals surface area contributed by atoms with E-state index in [-0.39, 0.29) is 5.91 Å². The van der Waals surface area contributed by atoms with E-state index in [9.17, 15) is 4.79 Å². The van der Waals surface area contributed by atoms with Crippen molar-refractivity contribution in [3.8, 4) is 11.3 Å². The van der Waals surface area contributed by atoms with Gasteiger partial charge >= 0.3 is 0 Å².